The minimum atomic E-state index is -0.480. The van der Waals surface area contributed by atoms with E-state index < -0.39 is 5.91 Å². The molecule has 2 aromatic carbocycles. The predicted octanol–water partition coefficient (Wildman–Crippen LogP) is 3.19. The first-order valence-corrected chi connectivity index (χ1v) is 8.17. The second kappa shape index (κ2) is 6.60. The molecule has 0 fully saturated rings. The molecule has 1 amide bonds. The fourth-order valence-corrected chi connectivity index (χ4v) is 3.48. The zero-order chi connectivity index (χ0) is 17.1. The number of aliphatic imine (C=N–C) groups is 1. The molecule has 24 heavy (non-hydrogen) atoms. The molecule has 1 aliphatic heterocycles. The number of hydrogen-bond acceptors (Lipinski definition) is 2. The van der Waals surface area contributed by atoms with Gasteiger partial charge in [0.15, 0.2) is 11.6 Å². The van der Waals surface area contributed by atoms with E-state index >= 15 is 0 Å². The summed E-state index contributed by atoms with van der Waals surface area (Å²) < 4.78 is 0. The third-order valence-electron chi connectivity index (χ3n) is 3.59. The van der Waals surface area contributed by atoms with Crippen molar-refractivity contribution in [1.29, 1.82) is 0 Å². The van der Waals surface area contributed by atoms with E-state index in [1.54, 1.807) is 30.0 Å². The highest BCUT2D eigenvalue weighted by Gasteiger charge is 2.19. The standard InChI is InChI=1S/C18H14N4OS/c1-21-15-5-3-2-4-13(15)12-8-9-24-16-7-6-11(10-14(12)16)17(23)22-18(19)20/h2-8,10H,9H2,(H4,19,20,22,23). The molecular weight excluding hydrogens is 320 g/mol. The molecule has 1 heterocycles. The van der Waals surface area contributed by atoms with Gasteiger partial charge in [0, 0.05) is 16.2 Å². The fraction of sp³-hybridized carbons (Fsp3) is 0.0556. The normalized spacial score (nSPS) is 12.5. The van der Waals surface area contributed by atoms with Gasteiger partial charge >= 0.3 is 0 Å². The monoisotopic (exact) mass is 334 g/mol. The summed E-state index contributed by atoms with van der Waals surface area (Å²) in [7, 11) is 0. The number of nitrogens with zero attached hydrogens (tertiary/aromatic N) is 2. The second-order valence-corrected chi connectivity index (χ2v) is 6.17. The Labute approximate surface area is 143 Å². The Balaban J connectivity index is 2.12. The van der Waals surface area contributed by atoms with Crippen LogP contribution in [0.25, 0.3) is 10.4 Å². The zero-order valence-electron chi connectivity index (χ0n) is 12.7. The summed E-state index contributed by atoms with van der Waals surface area (Å²) in [6.07, 6.45) is 2.08. The molecule has 3 rings (SSSR count). The molecule has 6 heteroatoms. The molecule has 0 saturated heterocycles. The van der Waals surface area contributed by atoms with Crippen molar-refractivity contribution in [2.24, 2.45) is 16.5 Å². The molecule has 118 valence electrons. The Kier molecular flexibility index (Phi) is 4.36. The molecule has 0 spiro atoms. The first-order chi connectivity index (χ1) is 11.6. The summed E-state index contributed by atoms with van der Waals surface area (Å²) in [6, 6.07) is 12.8. The van der Waals surface area contributed by atoms with Crippen LogP contribution in [-0.2, 0) is 0 Å². The lowest BCUT2D eigenvalue weighted by Gasteiger charge is -2.19. The molecule has 0 unspecified atom stereocenters. The van der Waals surface area contributed by atoms with Crippen LogP contribution in [0.3, 0.4) is 0 Å². The van der Waals surface area contributed by atoms with Gasteiger partial charge in [-0.2, -0.15) is 4.99 Å². The van der Waals surface area contributed by atoms with Gasteiger partial charge in [-0.1, -0.05) is 30.3 Å². The van der Waals surface area contributed by atoms with Crippen molar-refractivity contribution in [2.45, 2.75) is 4.90 Å². The Bertz CT molecular complexity index is 921. The van der Waals surface area contributed by atoms with Crippen LogP contribution in [0.15, 0.2) is 58.4 Å². The summed E-state index contributed by atoms with van der Waals surface area (Å²) in [5.74, 6) is 0.0722. The number of thioether (sulfide) groups is 1. The van der Waals surface area contributed by atoms with Crippen LogP contribution in [0.1, 0.15) is 21.5 Å². The Morgan fingerprint density at radius 3 is 2.71 bits per heavy atom. The van der Waals surface area contributed by atoms with E-state index in [2.05, 4.69) is 15.9 Å². The number of para-hydroxylation sites is 1. The van der Waals surface area contributed by atoms with Crippen molar-refractivity contribution in [3.05, 3.63) is 76.6 Å². The fourth-order valence-electron chi connectivity index (χ4n) is 2.56. The van der Waals surface area contributed by atoms with Crippen LogP contribution >= 0.6 is 11.8 Å². The second-order valence-electron chi connectivity index (χ2n) is 5.11. The highest BCUT2D eigenvalue weighted by molar-refractivity contribution is 7.99. The molecular formula is C18H14N4OS. The van der Waals surface area contributed by atoms with E-state index in [9.17, 15) is 4.79 Å². The van der Waals surface area contributed by atoms with Gasteiger partial charge in [-0.25, -0.2) is 4.85 Å². The number of fused-ring (bicyclic) bond motifs is 1. The van der Waals surface area contributed by atoms with Gasteiger partial charge in [0.25, 0.3) is 5.91 Å². The highest BCUT2D eigenvalue weighted by Crippen LogP contribution is 2.40. The Hall–Kier alpha value is -3.04. The largest absolute Gasteiger partial charge is 0.370 e. The smallest absolute Gasteiger partial charge is 0.280 e. The summed E-state index contributed by atoms with van der Waals surface area (Å²) in [5.41, 5.74) is 14.3. The van der Waals surface area contributed by atoms with Gasteiger partial charge in [-0.05, 0) is 34.9 Å². The SMILES string of the molecule is [C-]#[N+]c1ccccc1C1=CCSc2ccc(C(=O)N=C(N)N)cc21. The van der Waals surface area contributed by atoms with E-state index in [1.165, 1.54) is 0 Å². The maximum absolute atomic E-state index is 12.1. The van der Waals surface area contributed by atoms with E-state index in [0.29, 0.717) is 11.3 Å². The van der Waals surface area contributed by atoms with Crippen LogP contribution in [-0.4, -0.2) is 17.6 Å². The molecule has 0 aliphatic carbocycles. The number of nitrogens with two attached hydrogens (primary N) is 2. The van der Waals surface area contributed by atoms with Gasteiger partial charge in [0.05, 0.1) is 6.57 Å². The Morgan fingerprint density at radius 1 is 1.17 bits per heavy atom. The number of carbonyl (C=O) groups is 1. The molecule has 5 nitrogen and oxygen atoms in total. The van der Waals surface area contributed by atoms with Crippen molar-refractivity contribution in [1.82, 2.24) is 0 Å². The third kappa shape index (κ3) is 3.03. The molecule has 0 radical (unpaired) electrons. The van der Waals surface area contributed by atoms with Crippen molar-refractivity contribution in [3.63, 3.8) is 0 Å². The first kappa shape index (κ1) is 15.8. The lowest BCUT2D eigenvalue weighted by Crippen LogP contribution is -2.24. The topological polar surface area (TPSA) is 85.8 Å². The van der Waals surface area contributed by atoms with Crippen LogP contribution in [0.5, 0.6) is 0 Å². The number of amides is 1. The summed E-state index contributed by atoms with van der Waals surface area (Å²) >= 11 is 1.68. The van der Waals surface area contributed by atoms with Crippen LogP contribution in [0.4, 0.5) is 5.69 Å². The van der Waals surface area contributed by atoms with Gasteiger partial charge in [0.2, 0.25) is 0 Å². The minimum absolute atomic E-state index is 0.263. The number of guanidine groups is 1. The molecule has 4 N–H and O–H groups in total. The number of hydrogen-bond donors (Lipinski definition) is 2. The lowest BCUT2D eigenvalue weighted by molar-refractivity contribution is 0.100. The quantitative estimate of drug-likeness (QED) is 0.502. The average molecular weight is 334 g/mol. The van der Waals surface area contributed by atoms with Crippen molar-refractivity contribution < 1.29 is 4.79 Å². The van der Waals surface area contributed by atoms with Gasteiger partial charge in [-0.3, -0.25) is 4.79 Å². The van der Waals surface area contributed by atoms with Crippen LogP contribution in [0, 0.1) is 6.57 Å². The number of rotatable bonds is 2. The molecule has 2 aromatic rings. The van der Waals surface area contributed by atoms with Crippen molar-refractivity contribution >= 4 is 34.9 Å². The van der Waals surface area contributed by atoms with Crippen LogP contribution in [0.2, 0.25) is 0 Å². The highest BCUT2D eigenvalue weighted by atomic mass is 32.2. The zero-order valence-corrected chi connectivity index (χ0v) is 13.5. The summed E-state index contributed by atoms with van der Waals surface area (Å²) in [5, 5.41) is 0. The summed E-state index contributed by atoms with van der Waals surface area (Å²) in [4.78, 5) is 20.3. The average Bonchev–Trinajstić information content (AvgIpc) is 2.60. The van der Waals surface area contributed by atoms with Crippen LogP contribution < -0.4 is 11.5 Å². The molecule has 0 bridgehead atoms. The van der Waals surface area contributed by atoms with Gasteiger partial charge < -0.3 is 11.5 Å². The molecule has 0 atom stereocenters. The van der Waals surface area contributed by atoms with Crippen molar-refractivity contribution in [2.75, 3.05) is 5.75 Å². The van der Waals surface area contributed by atoms with E-state index in [1.807, 2.05) is 24.3 Å². The van der Waals surface area contributed by atoms with Gasteiger partial charge in [0.1, 0.15) is 0 Å². The predicted molar refractivity (Wildman–Crippen MR) is 97.1 cm³/mol. The van der Waals surface area contributed by atoms with E-state index in [-0.39, 0.29) is 5.96 Å². The molecule has 1 aliphatic rings. The maximum atomic E-state index is 12.1. The third-order valence-corrected chi connectivity index (χ3v) is 4.59. The maximum Gasteiger partial charge on any atom is 0.280 e. The van der Waals surface area contributed by atoms with Crippen molar-refractivity contribution in [3.8, 4) is 0 Å². The first-order valence-electron chi connectivity index (χ1n) is 7.18. The number of carbonyl (C=O) groups excluding carboxylic acids is 1. The van der Waals surface area contributed by atoms with E-state index in [0.717, 1.165) is 27.3 Å². The summed E-state index contributed by atoms with van der Waals surface area (Å²) in [6.45, 7) is 7.37. The van der Waals surface area contributed by atoms with Gasteiger partial charge in [-0.15, -0.1) is 11.8 Å². The Morgan fingerprint density at radius 2 is 1.96 bits per heavy atom. The minimum Gasteiger partial charge on any atom is -0.370 e. The molecule has 0 saturated carbocycles. The van der Waals surface area contributed by atoms with E-state index in [4.69, 9.17) is 18.0 Å². The lowest BCUT2D eigenvalue weighted by atomic mass is 9.94. The number of benzene rings is 2. The molecule has 0 aromatic heterocycles.